The van der Waals surface area contributed by atoms with Crippen molar-refractivity contribution in [2.45, 2.75) is 19.4 Å². The molecule has 0 unspecified atom stereocenters. The Morgan fingerprint density at radius 2 is 1.96 bits per heavy atom. The molecule has 1 saturated heterocycles. The van der Waals surface area contributed by atoms with Crippen molar-refractivity contribution >= 4 is 22.5 Å². The van der Waals surface area contributed by atoms with Gasteiger partial charge in [0.2, 0.25) is 0 Å². The average Bonchev–Trinajstić information content (AvgIpc) is 3.09. The Balaban J connectivity index is 1.47. The molecule has 0 spiro atoms. The maximum absolute atomic E-state index is 5.06. The summed E-state index contributed by atoms with van der Waals surface area (Å²) in [5.74, 6) is 1.51. The molecule has 7 heteroatoms. The first-order valence-corrected chi connectivity index (χ1v) is 9.68. The van der Waals surface area contributed by atoms with E-state index in [2.05, 4.69) is 50.3 Å². The fraction of sp³-hybridized carbons (Fsp3) is 0.450. The van der Waals surface area contributed by atoms with Crippen LogP contribution in [0.3, 0.4) is 0 Å². The van der Waals surface area contributed by atoms with E-state index in [4.69, 9.17) is 4.98 Å². The fourth-order valence-corrected chi connectivity index (χ4v) is 4.30. The fourth-order valence-electron chi connectivity index (χ4n) is 4.30. The highest BCUT2D eigenvalue weighted by molar-refractivity contribution is 5.89. The van der Waals surface area contributed by atoms with Gasteiger partial charge in [-0.2, -0.15) is 5.10 Å². The molecule has 0 aliphatic carbocycles. The molecule has 1 fully saturated rings. The van der Waals surface area contributed by atoms with Crippen LogP contribution in [0.15, 0.2) is 30.6 Å². The lowest BCUT2D eigenvalue weighted by molar-refractivity contribution is 0.578. The van der Waals surface area contributed by atoms with Crippen molar-refractivity contribution in [2.75, 3.05) is 42.5 Å². The van der Waals surface area contributed by atoms with Gasteiger partial charge in [0.05, 0.1) is 23.0 Å². The second kappa shape index (κ2) is 6.49. The maximum atomic E-state index is 5.06. The van der Waals surface area contributed by atoms with Gasteiger partial charge in [-0.25, -0.2) is 9.97 Å². The van der Waals surface area contributed by atoms with Crippen molar-refractivity contribution < 1.29 is 0 Å². The van der Waals surface area contributed by atoms with Gasteiger partial charge in [0, 0.05) is 58.4 Å². The third-order valence-electron chi connectivity index (χ3n) is 5.71. The highest BCUT2D eigenvalue weighted by atomic mass is 15.3. The van der Waals surface area contributed by atoms with Crippen LogP contribution in [0.4, 0.5) is 11.5 Å². The minimum Gasteiger partial charge on any atom is -0.366 e. The van der Waals surface area contributed by atoms with E-state index in [-0.39, 0.29) is 0 Å². The largest absolute Gasteiger partial charge is 0.366 e. The molecule has 2 aliphatic heterocycles. The Kier molecular flexibility index (Phi) is 3.97. The number of piperazine rings is 1. The number of fused-ring (bicyclic) bond motifs is 2. The molecule has 0 aromatic carbocycles. The summed E-state index contributed by atoms with van der Waals surface area (Å²) in [6, 6.07) is 6.56. The molecule has 27 heavy (non-hydrogen) atoms. The molecule has 1 atom stereocenters. The van der Waals surface area contributed by atoms with Crippen molar-refractivity contribution in [3.05, 3.63) is 41.9 Å². The number of aryl methyl sites for hydroxylation is 1. The highest BCUT2D eigenvalue weighted by Crippen LogP contribution is 2.34. The van der Waals surface area contributed by atoms with Gasteiger partial charge in [0.1, 0.15) is 5.82 Å². The summed E-state index contributed by atoms with van der Waals surface area (Å²) in [5, 5.41) is 8.90. The Labute approximate surface area is 159 Å². The first kappa shape index (κ1) is 16.5. The van der Waals surface area contributed by atoms with Gasteiger partial charge >= 0.3 is 0 Å². The zero-order chi connectivity index (χ0) is 18.4. The van der Waals surface area contributed by atoms with E-state index in [9.17, 15) is 0 Å². The van der Waals surface area contributed by atoms with E-state index in [1.165, 1.54) is 16.9 Å². The lowest BCUT2D eigenvalue weighted by atomic mass is 9.95. The molecule has 3 aromatic heterocycles. The molecular weight excluding hydrogens is 338 g/mol. The zero-order valence-electron chi connectivity index (χ0n) is 15.9. The second-order valence-corrected chi connectivity index (χ2v) is 7.57. The maximum Gasteiger partial charge on any atom is 0.159 e. The van der Waals surface area contributed by atoms with E-state index in [0.717, 1.165) is 56.1 Å². The summed E-state index contributed by atoms with van der Waals surface area (Å²) in [6.07, 6.45) is 3.80. The van der Waals surface area contributed by atoms with E-state index in [0.29, 0.717) is 5.92 Å². The minimum absolute atomic E-state index is 0.386. The quantitative estimate of drug-likeness (QED) is 0.750. The lowest BCUT2D eigenvalue weighted by Gasteiger charge is -2.35. The van der Waals surface area contributed by atoms with E-state index in [1.54, 1.807) is 0 Å². The summed E-state index contributed by atoms with van der Waals surface area (Å²) in [5.41, 5.74) is 4.70. The number of nitrogens with one attached hydrogen (secondary N) is 1. The number of aromatic nitrogens is 4. The average molecular weight is 363 g/mol. The monoisotopic (exact) mass is 363 g/mol. The Morgan fingerprint density at radius 1 is 1.11 bits per heavy atom. The molecule has 0 amide bonds. The van der Waals surface area contributed by atoms with Crippen molar-refractivity contribution in [1.82, 2.24) is 25.1 Å². The number of hydrogen-bond donors (Lipinski definition) is 1. The summed E-state index contributed by atoms with van der Waals surface area (Å²) in [4.78, 5) is 14.4. The molecule has 1 N–H and O–H groups in total. The van der Waals surface area contributed by atoms with E-state index in [1.807, 2.05) is 24.1 Å². The van der Waals surface area contributed by atoms with Gasteiger partial charge in [0.25, 0.3) is 0 Å². The number of nitrogens with zero attached hydrogens (tertiary/aromatic N) is 6. The minimum atomic E-state index is 0.386. The molecule has 3 aromatic rings. The topological polar surface area (TPSA) is 62.1 Å². The van der Waals surface area contributed by atoms with Crippen molar-refractivity contribution in [3.8, 4) is 0 Å². The molecule has 0 radical (unpaired) electrons. The highest BCUT2D eigenvalue weighted by Gasteiger charge is 2.26. The van der Waals surface area contributed by atoms with Gasteiger partial charge in [-0.15, -0.1) is 0 Å². The number of rotatable bonds is 2. The third kappa shape index (κ3) is 2.82. The summed E-state index contributed by atoms with van der Waals surface area (Å²) in [6.45, 7) is 8.24. The van der Waals surface area contributed by atoms with Gasteiger partial charge in [-0.1, -0.05) is 13.0 Å². The van der Waals surface area contributed by atoms with E-state index < -0.39 is 0 Å². The predicted molar refractivity (Wildman–Crippen MR) is 107 cm³/mol. The molecule has 140 valence electrons. The van der Waals surface area contributed by atoms with Crippen molar-refractivity contribution in [1.29, 1.82) is 0 Å². The summed E-state index contributed by atoms with van der Waals surface area (Å²) in [7, 11) is 1.94. The molecule has 0 bridgehead atoms. The normalized spacial score (nSPS) is 20.1. The standard InChI is InChI=1S/C20H25N7/c1-14-12-27(17-5-6-22-20-16(17)11-23-25(20)2)13-15-3-4-18(24-19(14)15)26-9-7-21-8-10-26/h3-6,11,14,21H,7-10,12-13H2,1-2H3/t14-/m0/s1. The van der Waals surface area contributed by atoms with Crippen LogP contribution in [-0.2, 0) is 13.6 Å². The van der Waals surface area contributed by atoms with Crippen LogP contribution in [0.25, 0.3) is 11.0 Å². The number of pyridine rings is 2. The van der Waals surface area contributed by atoms with E-state index >= 15 is 0 Å². The molecule has 5 heterocycles. The van der Waals surface area contributed by atoms with Crippen LogP contribution in [0, 0.1) is 0 Å². The van der Waals surface area contributed by atoms with Crippen LogP contribution < -0.4 is 15.1 Å². The zero-order valence-corrected chi connectivity index (χ0v) is 15.9. The third-order valence-corrected chi connectivity index (χ3v) is 5.71. The Hall–Kier alpha value is -2.67. The summed E-state index contributed by atoms with van der Waals surface area (Å²) >= 11 is 0. The van der Waals surface area contributed by atoms with Crippen LogP contribution in [0.5, 0.6) is 0 Å². The first-order valence-electron chi connectivity index (χ1n) is 9.68. The van der Waals surface area contributed by atoms with Gasteiger partial charge in [-0.05, 0) is 17.7 Å². The SMILES string of the molecule is C[C@H]1CN(c2ccnc3c2cnn3C)Cc2ccc(N3CCNCC3)nc21. The lowest BCUT2D eigenvalue weighted by Crippen LogP contribution is -2.44. The Bertz CT molecular complexity index is 974. The second-order valence-electron chi connectivity index (χ2n) is 7.57. The first-order chi connectivity index (χ1) is 13.2. The number of anilines is 2. The molecule has 0 saturated carbocycles. The summed E-state index contributed by atoms with van der Waals surface area (Å²) < 4.78 is 1.83. The molecule has 5 rings (SSSR count). The van der Waals surface area contributed by atoms with Crippen LogP contribution in [-0.4, -0.2) is 52.5 Å². The van der Waals surface area contributed by atoms with Crippen LogP contribution in [0.1, 0.15) is 24.1 Å². The van der Waals surface area contributed by atoms with Crippen LogP contribution >= 0.6 is 0 Å². The molecular formula is C20H25N7. The smallest absolute Gasteiger partial charge is 0.159 e. The number of hydrogen-bond acceptors (Lipinski definition) is 6. The molecule has 2 aliphatic rings. The Morgan fingerprint density at radius 3 is 2.81 bits per heavy atom. The molecule has 7 nitrogen and oxygen atoms in total. The van der Waals surface area contributed by atoms with Gasteiger partial charge < -0.3 is 15.1 Å². The van der Waals surface area contributed by atoms with Crippen molar-refractivity contribution in [2.24, 2.45) is 7.05 Å². The predicted octanol–water partition coefficient (Wildman–Crippen LogP) is 1.90. The van der Waals surface area contributed by atoms with Crippen LogP contribution in [0.2, 0.25) is 0 Å². The van der Waals surface area contributed by atoms with Gasteiger partial charge in [-0.3, -0.25) is 4.68 Å². The van der Waals surface area contributed by atoms with Gasteiger partial charge in [0.15, 0.2) is 5.65 Å². The van der Waals surface area contributed by atoms with Crippen molar-refractivity contribution in [3.63, 3.8) is 0 Å².